The summed E-state index contributed by atoms with van der Waals surface area (Å²) in [6.45, 7) is 1.32. The van der Waals surface area contributed by atoms with Gasteiger partial charge in [-0.2, -0.15) is 4.39 Å². The smallest absolute Gasteiger partial charge is 0.327 e. The number of benzene rings is 1. The van der Waals surface area contributed by atoms with Crippen LogP contribution in [0.25, 0.3) is 0 Å². The van der Waals surface area contributed by atoms with Gasteiger partial charge in [-0.15, -0.1) is 0 Å². The molecule has 0 unspecified atom stereocenters. The Bertz CT molecular complexity index is 453. The van der Waals surface area contributed by atoms with Gasteiger partial charge < -0.3 is 10.2 Å². The molecule has 0 saturated heterocycles. The third kappa shape index (κ3) is 4.78. The zero-order chi connectivity index (χ0) is 14.4. The molecule has 1 N–H and O–H groups in total. The van der Waals surface area contributed by atoms with Crippen LogP contribution in [0.5, 0.6) is 0 Å². The third-order valence-electron chi connectivity index (χ3n) is 2.56. The summed E-state index contributed by atoms with van der Waals surface area (Å²) < 4.78 is 26.4. The van der Waals surface area contributed by atoms with E-state index in [-0.39, 0.29) is 5.69 Å². The van der Waals surface area contributed by atoms with E-state index in [0.717, 1.165) is 25.5 Å². The minimum atomic E-state index is -1.17. The molecule has 0 saturated carbocycles. The Balaban J connectivity index is 2.64. The number of unbranched alkanes of at least 4 members (excludes halogenated alkanes) is 1. The number of hydrogen-bond donors (Lipinski definition) is 1. The van der Waals surface area contributed by atoms with Gasteiger partial charge in [0.25, 0.3) is 0 Å². The van der Waals surface area contributed by atoms with Crippen molar-refractivity contribution in [3.63, 3.8) is 0 Å². The molecule has 0 amide bonds. The minimum Gasteiger partial charge on any atom is -0.379 e. The van der Waals surface area contributed by atoms with Crippen LogP contribution >= 0.6 is 0 Å². The number of hydrogen-bond acceptors (Lipinski definition) is 4. The van der Waals surface area contributed by atoms with Gasteiger partial charge in [-0.05, 0) is 33.5 Å². The lowest BCUT2D eigenvalue weighted by Gasteiger charge is -2.10. The largest absolute Gasteiger partial charge is 0.379 e. The molecule has 0 aliphatic heterocycles. The van der Waals surface area contributed by atoms with Crippen LogP contribution in [0.2, 0.25) is 0 Å². The second-order valence-electron chi connectivity index (χ2n) is 4.48. The van der Waals surface area contributed by atoms with Crippen molar-refractivity contribution in [1.82, 2.24) is 4.90 Å². The predicted octanol–water partition coefficient (Wildman–Crippen LogP) is 2.63. The molecule has 1 rings (SSSR count). The normalized spacial score (nSPS) is 10.8. The molecule has 5 nitrogen and oxygen atoms in total. The molecule has 7 heteroatoms. The van der Waals surface area contributed by atoms with Crippen molar-refractivity contribution in [2.45, 2.75) is 12.8 Å². The van der Waals surface area contributed by atoms with Gasteiger partial charge >= 0.3 is 5.69 Å². The van der Waals surface area contributed by atoms with Gasteiger partial charge in [-0.25, -0.2) is 4.39 Å². The highest BCUT2D eigenvalue weighted by Crippen LogP contribution is 2.28. The second-order valence-corrected chi connectivity index (χ2v) is 4.48. The summed E-state index contributed by atoms with van der Waals surface area (Å²) in [5.74, 6) is -2.00. The van der Waals surface area contributed by atoms with Crippen molar-refractivity contribution >= 4 is 11.4 Å². The summed E-state index contributed by atoms with van der Waals surface area (Å²) in [4.78, 5) is 11.9. The van der Waals surface area contributed by atoms with E-state index in [2.05, 4.69) is 5.32 Å². The van der Waals surface area contributed by atoms with Crippen LogP contribution in [0, 0.1) is 21.7 Å². The monoisotopic (exact) mass is 273 g/mol. The van der Waals surface area contributed by atoms with E-state index in [1.165, 1.54) is 0 Å². The van der Waals surface area contributed by atoms with Gasteiger partial charge in [-0.3, -0.25) is 10.1 Å². The van der Waals surface area contributed by atoms with Crippen LogP contribution in [-0.4, -0.2) is 37.0 Å². The second kappa shape index (κ2) is 6.98. The number of nitro groups is 1. The first kappa shape index (κ1) is 15.3. The Morgan fingerprint density at radius 3 is 2.58 bits per heavy atom. The van der Waals surface area contributed by atoms with E-state index < -0.39 is 22.2 Å². The number of nitro benzene ring substituents is 1. The first-order chi connectivity index (χ1) is 8.91. The first-order valence-corrected chi connectivity index (χ1v) is 5.94. The molecule has 19 heavy (non-hydrogen) atoms. The van der Waals surface area contributed by atoms with Crippen LogP contribution < -0.4 is 5.32 Å². The fraction of sp³-hybridized carbons (Fsp3) is 0.500. The Kier molecular flexibility index (Phi) is 5.62. The average molecular weight is 273 g/mol. The molecule has 0 aliphatic rings. The molecule has 0 fully saturated rings. The fourth-order valence-corrected chi connectivity index (χ4v) is 1.66. The van der Waals surface area contributed by atoms with E-state index in [0.29, 0.717) is 12.6 Å². The van der Waals surface area contributed by atoms with E-state index >= 15 is 0 Å². The lowest BCUT2D eigenvalue weighted by atomic mass is 10.2. The van der Waals surface area contributed by atoms with Crippen LogP contribution in [0.4, 0.5) is 20.2 Å². The van der Waals surface area contributed by atoms with Gasteiger partial charge in [0.15, 0.2) is 0 Å². The standard InChI is InChI=1S/C12H17F2N3O2/c1-16(2)6-4-3-5-15-11-8-9(13)7-10(14)12(11)17(18)19/h7-8,15H,3-6H2,1-2H3. The number of nitrogens with zero attached hydrogens (tertiary/aromatic N) is 2. The van der Waals surface area contributed by atoms with Crippen LogP contribution in [0.3, 0.4) is 0 Å². The van der Waals surface area contributed by atoms with E-state index in [4.69, 9.17) is 0 Å². The van der Waals surface area contributed by atoms with Crippen LogP contribution in [-0.2, 0) is 0 Å². The average Bonchev–Trinajstić information content (AvgIpc) is 2.26. The molecular weight excluding hydrogens is 256 g/mol. The predicted molar refractivity (Wildman–Crippen MR) is 69.3 cm³/mol. The Morgan fingerprint density at radius 1 is 1.32 bits per heavy atom. The maximum absolute atomic E-state index is 13.3. The lowest BCUT2D eigenvalue weighted by Crippen LogP contribution is -2.14. The molecule has 0 aliphatic carbocycles. The van der Waals surface area contributed by atoms with E-state index in [1.807, 2.05) is 19.0 Å². The van der Waals surface area contributed by atoms with Gasteiger partial charge in [-0.1, -0.05) is 0 Å². The lowest BCUT2D eigenvalue weighted by molar-refractivity contribution is -0.386. The van der Waals surface area contributed by atoms with Gasteiger partial charge in [0.05, 0.1) is 4.92 Å². The number of rotatable bonds is 7. The molecule has 1 aromatic carbocycles. The van der Waals surface area contributed by atoms with Gasteiger partial charge in [0, 0.05) is 18.7 Å². The highest BCUT2D eigenvalue weighted by atomic mass is 19.1. The van der Waals surface area contributed by atoms with Crippen LogP contribution in [0.15, 0.2) is 12.1 Å². The minimum absolute atomic E-state index is 0.118. The van der Waals surface area contributed by atoms with E-state index in [1.54, 1.807) is 0 Å². The van der Waals surface area contributed by atoms with Gasteiger partial charge in [0.1, 0.15) is 11.5 Å². The molecule has 0 aromatic heterocycles. The quantitative estimate of drug-likeness (QED) is 0.471. The maximum atomic E-state index is 13.3. The summed E-state index contributed by atoms with van der Waals surface area (Å²) in [6, 6.07) is 1.45. The van der Waals surface area contributed by atoms with Crippen molar-refractivity contribution in [3.05, 3.63) is 33.9 Å². The Hall–Kier alpha value is -1.76. The molecule has 106 valence electrons. The van der Waals surface area contributed by atoms with Crippen molar-refractivity contribution < 1.29 is 13.7 Å². The molecule has 1 aromatic rings. The topological polar surface area (TPSA) is 58.4 Å². The van der Waals surface area contributed by atoms with Gasteiger partial charge in [0.2, 0.25) is 5.82 Å². The molecule has 0 heterocycles. The summed E-state index contributed by atoms with van der Waals surface area (Å²) in [7, 11) is 3.89. The summed E-state index contributed by atoms with van der Waals surface area (Å²) in [6.07, 6.45) is 1.65. The zero-order valence-electron chi connectivity index (χ0n) is 10.9. The molecular formula is C12H17F2N3O2. The summed E-state index contributed by atoms with van der Waals surface area (Å²) in [5, 5.41) is 13.4. The summed E-state index contributed by atoms with van der Waals surface area (Å²) in [5.41, 5.74) is -0.832. The first-order valence-electron chi connectivity index (χ1n) is 5.94. The van der Waals surface area contributed by atoms with Crippen LogP contribution in [0.1, 0.15) is 12.8 Å². The highest BCUT2D eigenvalue weighted by molar-refractivity contribution is 5.62. The SMILES string of the molecule is CN(C)CCCCNc1cc(F)cc(F)c1[N+](=O)[O-]. The summed E-state index contributed by atoms with van der Waals surface area (Å²) >= 11 is 0. The third-order valence-corrected chi connectivity index (χ3v) is 2.56. The fourth-order valence-electron chi connectivity index (χ4n) is 1.66. The maximum Gasteiger partial charge on any atom is 0.327 e. The van der Waals surface area contributed by atoms with Crippen molar-refractivity contribution in [3.8, 4) is 0 Å². The van der Waals surface area contributed by atoms with E-state index in [9.17, 15) is 18.9 Å². The Labute approximate surface area is 110 Å². The molecule has 0 atom stereocenters. The molecule has 0 radical (unpaired) electrons. The van der Waals surface area contributed by atoms with Crippen molar-refractivity contribution in [1.29, 1.82) is 0 Å². The van der Waals surface area contributed by atoms with Crippen molar-refractivity contribution in [2.75, 3.05) is 32.5 Å². The number of halogens is 2. The number of anilines is 1. The molecule has 0 bridgehead atoms. The zero-order valence-corrected chi connectivity index (χ0v) is 10.9. The molecule has 0 spiro atoms. The Morgan fingerprint density at radius 2 is 2.00 bits per heavy atom. The highest BCUT2D eigenvalue weighted by Gasteiger charge is 2.21. The van der Waals surface area contributed by atoms with Crippen molar-refractivity contribution in [2.24, 2.45) is 0 Å². The number of nitrogens with one attached hydrogen (secondary N) is 1.